The molecule has 2 aromatic rings. The van der Waals surface area contributed by atoms with Gasteiger partial charge in [-0.15, -0.1) is 11.3 Å². The Labute approximate surface area is 156 Å². The number of thiazole rings is 1. The molecule has 0 saturated heterocycles. The molecule has 0 unspecified atom stereocenters. The van der Waals surface area contributed by atoms with Crippen LogP contribution in [0.2, 0.25) is 5.02 Å². The predicted molar refractivity (Wildman–Crippen MR) is 94.0 cm³/mol. The van der Waals surface area contributed by atoms with E-state index in [1.54, 1.807) is 6.07 Å². The van der Waals surface area contributed by atoms with E-state index in [0.717, 1.165) is 22.8 Å². The molecule has 1 aromatic carbocycles. The van der Waals surface area contributed by atoms with Crippen molar-refractivity contribution in [2.75, 3.05) is 10.6 Å². The second kappa shape index (κ2) is 7.76. The SMILES string of the molecule is Cc1nc(N/C=C(/C#N)C(=O)Nc2ccc(Cl)c(C(F)(F)F)c2)sc1C. The van der Waals surface area contributed by atoms with Crippen molar-refractivity contribution >= 4 is 39.7 Å². The van der Waals surface area contributed by atoms with Crippen molar-refractivity contribution in [3.63, 3.8) is 0 Å². The summed E-state index contributed by atoms with van der Waals surface area (Å²) in [5, 5.41) is 14.1. The Hall–Kier alpha value is -2.57. The van der Waals surface area contributed by atoms with Crippen molar-refractivity contribution in [2.24, 2.45) is 0 Å². The predicted octanol–water partition coefficient (Wildman–Crippen LogP) is 4.89. The highest BCUT2D eigenvalue weighted by Crippen LogP contribution is 2.36. The molecule has 0 fully saturated rings. The minimum absolute atomic E-state index is 0.131. The number of hydrogen-bond donors (Lipinski definition) is 2. The summed E-state index contributed by atoms with van der Waals surface area (Å²) in [6, 6.07) is 4.63. The Morgan fingerprint density at radius 1 is 1.38 bits per heavy atom. The van der Waals surface area contributed by atoms with E-state index in [1.165, 1.54) is 17.4 Å². The van der Waals surface area contributed by atoms with Crippen LogP contribution in [0.25, 0.3) is 0 Å². The number of amides is 1. The summed E-state index contributed by atoms with van der Waals surface area (Å²) in [6.45, 7) is 3.69. The van der Waals surface area contributed by atoms with Gasteiger partial charge in [0, 0.05) is 16.8 Å². The maximum absolute atomic E-state index is 12.9. The zero-order valence-corrected chi connectivity index (χ0v) is 15.1. The number of carbonyl (C=O) groups is 1. The van der Waals surface area contributed by atoms with Crippen LogP contribution >= 0.6 is 22.9 Å². The van der Waals surface area contributed by atoms with Gasteiger partial charge in [-0.05, 0) is 32.0 Å². The van der Waals surface area contributed by atoms with E-state index < -0.39 is 22.7 Å². The largest absolute Gasteiger partial charge is 0.417 e. The summed E-state index contributed by atoms with van der Waals surface area (Å²) in [5.74, 6) is -0.861. The summed E-state index contributed by atoms with van der Waals surface area (Å²) in [6.07, 6.45) is -3.51. The first kappa shape index (κ1) is 19.8. The number of hydrogen-bond acceptors (Lipinski definition) is 5. The van der Waals surface area contributed by atoms with E-state index in [2.05, 4.69) is 15.6 Å². The lowest BCUT2D eigenvalue weighted by Crippen LogP contribution is -2.15. The van der Waals surface area contributed by atoms with Crippen LogP contribution in [-0.2, 0) is 11.0 Å². The molecule has 0 saturated carbocycles. The number of anilines is 2. The van der Waals surface area contributed by atoms with Gasteiger partial charge in [-0.2, -0.15) is 18.4 Å². The third-order valence-electron chi connectivity index (χ3n) is 3.26. The minimum atomic E-state index is -4.66. The summed E-state index contributed by atoms with van der Waals surface area (Å²) in [5.41, 5.74) is -0.714. The van der Waals surface area contributed by atoms with Crippen LogP contribution in [0.4, 0.5) is 24.0 Å². The Bertz CT molecular complexity index is 896. The first-order valence-electron chi connectivity index (χ1n) is 7.10. The topological polar surface area (TPSA) is 77.8 Å². The molecule has 2 rings (SSSR count). The molecular weight excluding hydrogens is 389 g/mol. The van der Waals surface area contributed by atoms with Gasteiger partial charge in [-0.3, -0.25) is 4.79 Å². The van der Waals surface area contributed by atoms with Gasteiger partial charge in [0.1, 0.15) is 11.6 Å². The van der Waals surface area contributed by atoms with Gasteiger partial charge in [0.25, 0.3) is 5.91 Å². The van der Waals surface area contributed by atoms with Gasteiger partial charge in [0.05, 0.1) is 16.3 Å². The lowest BCUT2D eigenvalue weighted by Gasteiger charge is -2.11. The molecule has 0 aliphatic heterocycles. The van der Waals surface area contributed by atoms with Crippen LogP contribution in [0.5, 0.6) is 0 Å². The average Bonchev–Trinajstić information content (AvgIpc) is 2.87. The fourth-order valence-corrected chi connectivity index (χ4v) is 2.84. The normalized spacial score (nSPS) is 11.8. The molecular formula is C16H12ClF3N4OS. The smallest absolute Gasteiger partial charge is 0.337 e. The van der Waals surface area contributed by atoms with Crippen molar-refractivity contribution in [3.8, 4) is 6.07 Å². The van der Waals surface area contributed by atoms with Gasteiger partial charge in [-0.25, -0.2) is 4.98 Å². The first-order valence-corrected chi connectivity index (χ1v) is 8.30. The fourth-order valence-electron chi connectivity index (χ4n) is 1.84. The molecule has 0 radical (unpaired) electrons. The van der Waals surface area contributed by atoms with Crippen LogP contribution in [0.3, 0.4) is 0 Å². The van der Waals surface area contributed by atoms with E-state index in [4.69, 9.17) is 16.9 Å². The lowest BCUT2D eigenvalue weighted by molar-refractivity contribution is -0.137. The van der Waals surface area contributed by atoms with E-state index in [-0.39, 0.29) is 11.3 Å². The number of aryl methyl sites for hydroxylation is 2. The summed E-state index contributed by atoms with van der Waals surface area (Å²) in [4.78, 5) is 17.3. The van der Waals surface area contributed by atoms with Gasteiger partial charge < -0.3 is 10.6 Å². The Balaban J connectivity index is 2.17. The molecule has 1 aromatic heterocycles. The molecule has 0 aliphatic rings. The highest BCUT2D eigenvalue weighted by atomic mass is 35.5. The Morgan fingerprint density at radius 2 is 2.08 bits per heavy atom. The number of carbonyl (C=O) groups excluding carboxylic acids is 1. The van der Waals surface area contributed by atoms with E-state index in [9.17, 15) is 18.0 Å². The molecule has 1 amide bonds. The van der Waals surface area contributed by atoms with Crippen LogP contribution in [-0.4, -0.2) is 10.9 Å². The van der Waals surface area contributed by atoms with Crippen LogP contribution in [0.15, 0.2) is 30.0 Å². The van der Waals surface area contributed by atoms with Crippen molar-refractivity contribution in [3.05, 3.63) is 51.1 Å². The fraction of sp³-hybridized carbons (Fsp3) is 0.188. The molecule has 0 spiro atoms. The highest BCUT2D eigenvalue weighted by Gasteiger charge is 2.33. The van der Waals surface area contributed by atoms with Crippen molar-refractivity contribution in [2.45, 2.75) is 20.0 Å². The number of aromatic nitrogens is 1. The van der Waals surface area contributed by atoms with Gasteiger partial charge in [-0.1, -0.05) is 11.6 Å². The standard InChI is InChI=1S/C16H12ClF3N4OS/c1-8-9(2)26-15(23-8)22-7-10(6-21)14(25)24-11-3-4-13(17)12(5-11)16(18,19)20/h3-5,7H,1-2H3,(H,22,23)(H,24,25)/b10-7-. The first-order chi connectivity index (χ1) is 12.1. The summed E-state index contributed by atoms with van der Waals surface area (Å²) >= 11 is 6.87. The Kier molecular flexibility index (Phi) is 5.90. The second-order valence-electron chi connectivity index (χ2n) is 5.12. The molecule has 0 bridgehead atoms. The van der Waals surface area contributed by atoms with E-state index in [0.29, 0.717) is 11.2 Å². The quantitative estimate of drug-likeness (QED) is 0.565. The monoisotopic (exact) mass is 400 g/mol. The Morgan fingerprint density at radius 3 is 2.62 bits per heavy atom. The van der Waals surface area contributed by atoms with Gasteiger partial charge >= 0.3 is 6.18 Å². The lowest BCUT2D eigenvalue weighted by atomic mass is 10.2. The zero-order valence-electron chi connectivity index (χ0n) is 13.5. The van der Waals surface area contributed by atoms with E-state index in [1.807, 2.05) is 13.8 Å². The van der Waals surface area contributed by atoms with E-state index >= 15 is 0 Å². The van der Waals surface area contributed by atoms with Gasteiger partial charge in [0.15, 0.2) is 5.13 Å². The van der Waals surface area contributed by atoms with Crippen LogP contribution in [0, 0.1) is 25.2 Å². The number of nitriles is 1. The third kappa shape index (κ3) is 4.74. The van der Waals surface area contributed by atoms with Crippen molar-refractivity contribution in [1.82, 2.24) is 4.98 Å². The van der Waals surface area contributed by atoms with Crippen LogP contribution in [0.1, 0.15) is 16.1 Å². The van der Waals surface area contributed by atoms with Gasteiger partial charge in [0.2, 0.25) is 0 Å². The maximum atomic E-state index is 12.9. The number of nitrogens with zero attached hydrogens (tertiary/aromatic N) is 2. The second-order valence-corrected chi connectivity index (χ2v) is 6.73. The average molecular weight is 401 g/mol. The van der Waals surface area contributed by atoms with Crippen LogP contribution < -0.4 is 10.6 Å². The molecule has 10 heteroatoms. The molecule has 26 heavy (non-hydrogen) atoms. The molecule has 0 atom stereocenters. The molecule has 1 heterocycles. The van der Waals surface area contributed by atoms with Crippen molar-refractivity contribution < 1.29 is 18.0 Å². The highest BCUT2D eigenvalue weighted by molar-refractivity contribution is 7.15. The number of benzene rings is 1. The number of nitrogens with one attached hydrogen (secondary N) is 2. The molecule has 136 valence electrons. The van der Waals surface area contributed by atoms with Crippen molar-refractivity contribution in [1.29, 1.82) is 5.26 Å². The number of alkyl halides is 3. The zero-order chi connectivity index (χ0) is 19.5. The summed E-state index contributed by atoms with van der Waals surface area (Å²) < 4.78 is 38.6. The summed E-state index contributed by atoms with van der Waals surface area (Å²) in [7, 11) is 0. The number of rotatable bonds is 4. The molecule has 5 nitrogen and oxygen atoms in total. The third-order valence-corrected chi connectivity index (χ3v) is 4.60. The maximum Gasteiger partial charge on any atom is 0.417 e. The molecule has 0 aliphatic carbocycles. The number of halogens is 4. The minimum Gasteiger partial charge on any atom is -0.337 e. The molecule has 2 N–H and O–H groups in total.